The van der Waals surface area contributed by atoms with E-state index in [1.54, 1.807) is 24.5 Å². The van der Waals surface area contributed by atoms with E-state index in [0.717, 1.165) is 34.6 Å². The van der Waals surface area contributed by atoms with E-state index in [1.165, 1.54) is 12.1 Å². The summed E-state index contributed by atoms with van der Waals surface area (Å²) in [5.41, 5.74) is 5.15. The molecule has 9 heteroatoms. The van der Waals surface area contributed by atoms with Crippen LogP contribution in [0.3, 0.4) is 0 Å². The van der Waals surface area contributed by atoms with Gasteiger partial charge in [0.1, 0.15) is 5.82 Å². The zero-order valence-corrected chi connectivity index (χ0v) is 23.2. The van der Waals surface area contributed by atoms with Crippen LogP contribution < -0.4 is 10.2 Å². The molecule has 8 nitrogen and oxygen atoms in total. The Balaban J connectivity index is 1.19. The van der Waals surface area contributed by atoms with Crippen molar-refractivity contribution in [1.82, 2.24) is 25.1 Å². The molecule has 1 aromatic carbocycles. The van der Waals surface area contributed by atoms with Gasteiger partial charge in [0.25, 0.3) is 5.91 Å². The Morgan fingerprint density at radius 2 is 1.95 bits per heavy atom. The maximum absolute atomic E-state index is 13.9. The van der Waals surface area contributed by atoms with Gasteiger partial charge in [0.05, 0.1) is 23.5 Å². The van der Waals surface area contributed by atoms with Crippen LogP contribution >= 0.6 is 0 Å². The largest absolute Gasteiger partial charge is 0.333 e. The summed E-state index contributed by atoms with van der Waals surface area (Å²) >= 11 is 0. The minimum absolute atomic E-state index is 0.00276. The molecule has 0 spiro atoms. The molecule has 40 heavy (non-hydrogen) atoms. The third kappa shape index (κ3) is 5.11. The molecule has 2 atom stereocenters. The first-order valence-corrected chi connectivity index (χ1v) is 13.9. The number of rotatable bonds is 6. The molecule has 0 aliphatic carbocycles. The van der Waals surface area contributed by atoms with E-state index >= 15 is 0 Å². The van der Waals surface area contributed by atoms with Crippen molar-refractivity contribution in [2.45, 2.75) is 51.2 Å². The number of hydrogen-bond acceptors (Lipinski definition) is 6. The van der Waals surface area contributed by atoms with Gasteiger partial charge in [-0.05, 0) is 54.3 Å². The van der Waals surface area contributed by atoms with Crippen LogP contribution in [-0.4, -0.2) is 76.4 Å². The van der Waals surface area contributed by atoms with Gasteiger partial charge in [-0.3, -0.25) is 24.5 Å². The maximum atomic E-state index is 13.9. The summed E-state index contributed by atoms with van der Waals surface area (Å²) in [5.74, 6) is -0.222. The number of benzene rings is 1. The van der Waals surface area contributed by atoms with Gasteiger partial charge in [-0.2, -0.15) is 0 Å². The van der Waals surface area contributed by atoms with E-state index in [-0.39, 0.29) is 41.7 Å². The second-order valence-corrected chi connectivity index (χ2v) is 12.0. The summed E-state index contributed by atoms with van der Waals surface area (Å²) in [6.45, 7) is 9.74. The Morgan fingerprint density at radius 1 is 1.15 bits per heavy atom. The number of piperazine rings is 1. The van der Waals surface area contributed by atoms with Crippen molar-refractivity contribution in [2.75, 3.05) is 37.6 Å². The highest BCUT2D eigenvalue weighted by atomic mass is 19.1. The second-order valence-electron chi connectivity index (χ2n) is 12.0. The number of aromatic nitrogens is 2. The fourth-order valence-corrected chi connectivity index (χ4v) is 6.20. The molecule has 1 saturated heterocycles. The average Bonchev–Trinajstić information content (AvgIpc) is 3.39. The smallest absolute Gasteiger partial charge is 0.256 e. The molecule has 0 bridgehead atoms. The number of hydrogen-bond donors (Lipinski definition) is 1. The molecule has 6 rings (SSSR count). The summed E-state index contributed by atoms with van der Waals surface area (Å²) in [7, 11) is 0. The van der Waals surface area contributed by atoms with Crippen molar-refractivity contribution >= 4 is 17.5 Å². The second kappa shape index (κ2) is 10.4. The number of nitrogens with one attached hydrogen (secondary N) is 1. The first-order chi connectivity index (χ1) is 19.2. The predicted molar refractivity (Wildman–Crippen MR) is 151 cm³/mol. The lowest BCUT2D eigenvalue weighted by Crippen LogP contribution is -2.60. The highest BCUT2D eigenvalue weighted by molar-refractivity contribution is 5.98. The molecule has 1 fully saturated rings. The Morgan fingerprint density at radius 3 is 2.73 bits per heavy atom. The monoisotopic (exact) mass is 542 g/mol. The van der Waals surface area contributed by atoms with E-state index < -0.39 is 0 Å². The van der Waals surface area contributed by atoms with Gasteiger partial charge >= 0.3 is 0 Å². The predicted octanol–water partition coefficient (Wildman–Crippen LogP) is 3.15. The first-order valence-electron chi connectivity index (χ1n) is 13.9. The SMILES string of the molecule is C[C@@H]1CN(CC(=O)N2CC(C)(C)c3ncc(Cc4ccc(F)cc4)cc32)[C@@H](CN2Cc3ccncc3C2=O)CN1. The highest BCUT2D eigenvalue weighted by Crippen LogP contribution is 2.40. The minimum Gasteiger partial charge on any atom is -0.333 e. The summed E-state index contributed by atoms with van der Waals surface area (Å²) < 4.78 is 13.4. The fraction of sp³-hybridized carbons (Fsp3) is 0.419. The molecule has 3 aliphatic heterocycles. The van der Waals surface area contributed by atoms with Crippen LogP contribution in [0, 0.1) is 5.82 Å². The molecule has 3 aromatic rings. The number of nitrogens with zero attached hydrogens (tertiary/aromatic N) is 5. The zero-order valence-electron chi connectivity index (χ0n) is 23.2. The Kier molecular flexibility index (Phi) is 6.88. The summed E-state index contributed by atoms with van der Waals surface area (Å²) in [6, 6.07) is 10.7. The van der Waals surface area contributed by atoms with Crippen LogP contribution in [0.2, 0.25) is 0 Å². The van der Waals surface area contributed by atoms with Crippen LogP contribution in [0.15, 0.2) is 55.0 Å². The quantitative estimate of drug-likeness (QED) is 0.516. The maximum Gasteiger partial charge on any atom is 0.256 e. The van der Waals surface area contributed by atoms with Gasteiger partial charge < -0.3 is 15.1 Å². The van der Waals surface area contributed by atoms with Crippen LogP contribution in [0.4, 0.5) is 10.1 Å². The Bertz CT molecular complexity index is 1440. The fourth-order valence-electron chi connectivity index (χ4n) is 6.20. The van der Waals surface area contributed by atoms with Crippen LogP contribution in [-0.2, 0) is 23.2 Å². The number of halogens is 1. The number of anilines is 1. The Labute approximate surface area is 234 Å². The molecular formula is C31H35FN6O2. The molecule has 2 aromatic heterocycles. The van der Waals surface area contributed by atoms with E-state index in [0.29, 0.717) is 38.2 Å². The van der Waals surface area contributed by atoms with Crippen molar-refractivity contribution in [3.8, 4) is 0 Å². The van der Waals surface area contributed by atoms with E-state index in [4.69, 9.17) is 4.98 Å². The van der Waals surface area contributed by atoms with E-state index in [1.807, 2.05) is 22.1 Å². The number of carbonyl (C=O) groups excluding carboxylic acids is 2. The lowest BCUT2D eigenvalue weighted by atomic mass is 9.91. The number of carbonyl (C=O) groups is 2. The van der Waals surface area contributed by atoms with Crippen molar-refractivity contribution in [2.24, 2.45) is 0 Å². The molecule has 0 radical (unpaired) electrons. The topological polar surface area (TPSA) is 81.7 Å². The van der Waals surface area contributed by atoms with Gasteiger partial charge in [0, 0.05) is 68.8 Å². The third-order valence-electron chi connectivity index (χ3n) is 8.32. The van der Waals surface area contributed by atoms with Gasteiger partial charge in [0.2, 0.25) is 5.91 Å². The molecule has 0 unspecified atom stereocenters. The lowest BCUT2D eigenvalue weighted by Gasteiger charge is -2.41. The first kappa shape index (κ1) is 26.5. The van der Waals surface area contributed by atoms with Crippen LogP contribution in [0.5, 0.6) is 0 Å². The zero-order chi connectivity index (χ0) is 28.0. The van der Waals surface area contributed by atoms with Crippen molar-refractivity contribution in [1.29, 1.82) is 0 Å². The van der Waals surface area contributed by atoms with Gasteiger partial charge in [-0.1, -0.05) is 26.0 Å². The highest BCUT2D eigenvalue weighted by Gasteiger charge is 2.41. The minimum atomic E-state index is -0.267. The van der Waals surface area contributed by atoms with Crippen LogP contribution in [0.25, 0.3) is 0 Å². The Hall–Kier alpha value is -3.69. The van der Waals surface area contributed by atoms with E-state index in [2.05, 4.69) is 42.0 Å². The molecule has 208 valence electrons. The molecule has 1 N–H and O–H groups in total. The average molecular weight is 543 g/mol. The molecule has 0 saturated carbocycles. The van der Waals surface area contributed by atoms with Crippen molar-refractivity contribution in [3.63, 3.8) is 0 Å². The number of fused-ring (bicyclic) bond motifs is 2. The lowest BCUT2D eigenvalue weighted by molar-refractivity contribution is -0.120. The molecule has 3 aliphatic rings. The number of amides is 2. The van der Waals surface area contributed by atoms with Gasteiger partial charge in [-0.25, -0.2) is 4.39 Å². The van der Waals surface area contributed by atoms with E-state index in [9.17, 15) is 14.0 Å². The third-order valence-corrected chi connectivity index (χ3v) is 8.32. The van der Waals surface area contributed by atoms with Crippen LogP contribution in [0.1, 0.15) is 53.5 Å². The normalized spacial score (nSPS) is 21.9. The van der Waals surface area contributed by atoms with Crippen molar-refractivity contribution < 1.29 is 14.0 Å². The van der Waals surface area contributed by atoms with Gasteiger partial charge in [-0.15, -0.1) is 0 Å². The molecule has 2 amide bonds. The van der Waals surface area contributed by atoms with Crippen molar-refractivity contribution in [3.05, 3.63) is 88.8 Å². The number of pyridine rings is 2. The summed E-state index contributed by atoms with van der Waals surface area (Å²) in [4.78, 5) is 41.8. The van der Waals surface area contributed by atoms with Gasteiger partial charge in [0.15, 0.2) is 0 Å². The molecular weight excluding hydrogens is 507 g/mol. The molecule has 5 heterocycles. The summed E-state index contributed by atoms with van der Waals surface area (Å²) in [5, 5.41) is 3.53. The summed E-state index contributed by atoms with van der Waals surface area (Å²) in [6.07, 6.45) is 5.85. The standard InChI is InChI=1S/C31H35FN6O2/c1-20-15-36(25(13-34-20)17-37-16-23-8-9-33-14-26(23)30(37)40)18-28(39)38-19-31(2,3)29-27(38)11-22(12-35-29)10-21-4-6-24(32)7-5-21/h4-9,11-12,14,20,25,34H,10,13,15-19H2,1-3H3/t20-,25-/m1/s1.